The van der Waals surface area contributed by atoms with Crippen molar-refractivity contribution in [3.8, 4) is 0 Å². The zero-order valence-electron chi connectivity index (χ0n) is 10.8. The Labute approximate surface area is 104 Å². The van der Waals surface area contributed by atoms with E-state index in [1.165, 1.54) is 50.8 Å². The Bertz CT molecular complexity index is 388. The zero-order valence-corrected chi connectivity index (χ0v) is 10.8. The first-order chi connectivity index (χ1) is 8.40. The molecule has 3 nitrogen and oxygen atoms in total. The SMILES string of the molecule is CCn1nc(C2CCCNC2)c2c1CCCC2. The summed E-state index contributed by atoms with van der Waals surface area (Å²) in [5.74, 6) is 0.670. The molecule has 1 N–H and O–H groups in total. The van der Waals surface area contributed by atoms with Gasteiger partial charge in [0.15, 0.2) is 0 Å². The van der Waals surface area contributed by atoms with Crippen molar-refractivity contribution in [2.24, 2.45) is 0 Å². The molecule has 0 saturated carbocycles. The fourth-order valence-electron chi connectivity index (χ4n) is 3.38. The van der Waals surface area contributed by atoms with Gasteiger partial charge < -0.3 is 5.32 Å². The summed E-state index contributed by atoms with van der Waals surface area (Å²) in [6, 6.07) is 0. The molecule has 1 fully saturated rings. The molecule has 2 aliphatic rings. The number of aryl methyl sites for hydroxylation is 1. The van der Waals surface area contributed by atoms with E-state index in [9.17, 15) is 0 Å². The smallest absolute Gasteiger partial charge is 0.0703 e. The minimum absolute atomic E-state index is 0.670. The lowest BCUT2D eigenvalue weighted by Crippen LogP contribution is -2.29. The molecule has 3 heteroatoms. The summed E-state index contributed by atoms with van der Waals surface area (Å²) in [4.78, 5) is 0. The minimum atomic E-state index is 0.670. The Morgan fingerprint density at radius 2 is 2.18 bits per heavy atom. The van der Waals surface area contributed by atoms with E-state index in [2.05, 4.69) is 16.9 Å². The van der Waals surface area contributed by atoms with Crippen LogP contribution < -0.4 is 5.32 Å². The van der Waals surface area contributed by atoms with Gasteiger partial charge in [-0.25, -0.2) is 0 Å². The molecular weight excluding hydrogens is 210 g/mol. The summed E-state index contributed by atoms with van der Waals surface area (Å²) in [7, 11) is 0. The van der Waals surface area contributed by atoms with E-state index in [0.717, 1.165) is 13.1 Å². The normalized spacial score (nSPS) is 24.6. The molecule has 3 rings (SSSR count). The van der Waals surface area contributed by atoms with Crippen LogP contribution in [0.3, 0.4) is 0 Å². The largest absolute Gasteiger partial charge is 0.316 e. The molecule has 0 spiro atoms. The molecule has 0 aromatic carbocycles. The van der Waals surface area contributed by atoms with Gasteiger partial charge in [0, 0.05) is 24.7 Å². The van der Waals surface area contributed by atoms with Gasteiger partial charge in [-0.15, -0.1) is 0 Å². The maximum atomic E-state index is 4.91. The van der Waals surface area contributed by atoms with Gasteiger partial charge >= 0.3 is 0 Å². The Kier molecular flexibility index (Phi) is 3.19. The summed E-state index contributed by atoms with van der Waals surface area (Å²) in [5.41, 5.74) is 4.57. The highest BCUT2D eigenvalue weighted by Crippen LogP contribution is 2.31. The van der Waals surface area contributed by atoms with Gasteiger partial charge in [0.25, 0.3) is 0 Å². The summed E-state index contributed by atoms with van der Waals surface area (Å²) >= 11 is 0. The summed E-state index contributed by atoms with van der Waals surface area (Å²) in [6.07, 6.45) is 7.84. The number of hydrogen-bond acceptors (Lipinski definition) is 2. The van der Waals surface area contributed by atoms with Crippen molar-refractivity contribution in [2.45, 2.75) is 57.9 Å². The Hall–Kier alpha value is -0.830. The second-order valence-corrected chi connectivity index (χ2v) is 5.38. The van der Waals surface area contributed by atoms with Crippen LogP contribution in [0.15, 0.2) is 0 Å². The van der Waals surface area contributed by atoms with Gasteiger partial charge in [0.05, 0.1) is 5.69 Å². The molecule has 1 unspecified atom stereocenters. The van der Waals surface area contributed by atoms with Gasteiger partial charge in [-0.3, -0.25) is 4.68 Å². The van der Waals surface area contributed by atoms with E-state index in [1.807, 2.05) is 0 Å². The number of rotatable bonds is 2. The van der Waals surface area contributed by atoms with Gasteiger partial charge in [-0.1, -0.05) is 0 Å². The van der Waals surface area contributed by atoms with E-state index in [1.54, 1.807) is 11.3 Å². The van der Waals surface area contributed by atoms with E-state index < -0.39 is 0 Å². The van der Waals surface area contributed by atoms with Crippen LogP contribution in [0.2, 0.25) is 0 Å². The molecular formula is C14H23N3. The van der Waals surface area contributed by atoms with Crippen molar-refractivity contribution < 1.29 is 0 Å². The fourth-order valence-corrected chi connectivity index (χ4v) is 3.38. The average Bonchev–Trinajstić information content (AvgIpc) is 2.78. The molecule has 1 aromatic rings. The van der Waals surface area contributed by atoms with E-state index in [4.69, 9.17) is 5.10 Å². The molecule has 1 atom stereocenters. The topological polar surface area (TPSA) is 29.9 Å². The first-order valence-corrected chi connectivity index (χ1v) is 7.19. The second-order valence-electron chi connectivity index (χ2n) is 5.38. The monoisotopic (exact) mass is 233 g/mol. The first-order valence-electron chi connectivity index (χ1n) is 7.19. The number of aromatic nitrogens is 2. The van der Waals surface area contributed by atoms with Crippen molar-refractivity contribution in [1.29, 1.82) is 0 Å². The molecule has 1 aromatic heterocycles. The van der Waals surface area contributed by atoms with Crippen LogP contribution in [0.1, 0.15) is 55.5 Å². The van der Waals surface area contributed by atoms with Crippen molar-refractivity contribution in [2.75, 3.05) is 13.1 Å². The summed E-state index contributed by atoms with van der Waals surface area (Å²) in [5, 5.41) is 8.43. The van der Waals surface area contributed by atoms with E-state index >= 15 is 0 Å². The lowest BCUT2D eigenvalue weighted by Gasteiger charge is -2.23. The Morgan fingerprint density at radius 1 is 1.29 bits per heavy atom. The zero-order chi connectivity index (χ0) is 11.7. The van der Waals surface area contributed by atoms with Crippen molar-refractivity contribution in [3.05, 3.63) is 17.0 Å². The molecule has 1 aliphatic heterocycles. The number of hydrogen-bond donors (Lipinski definition) is 1. The Balaban J connectivity index is 1.95. The van der Waals surface area contributed by atoms with Gasteiger partial charge in [-0.05, 0) is 57.6 Å². The molecule has 94 valence electrons. The highest BCUT2D eigenvalue weighted by molar-refractivity contribution is 5.31. The molecule has 0 radical (unpaired) electrons. The minimum Gasteiger partial charge on any atom is -0.316 e. The molecule has 1 saturated heterocycles. The predicted molar refractivity (Wildman–Crippen MR) is 69.4 cm³/mol. The van der Waals surface area contributed by atoms with Crippen LogP contribution in [-0.4, -0.2) is 22.9 Å². The van der Waals surface area contributed by atoms with Crippen LogP contribution in [-0.2, 0) is 19.4 Å². The van der Waals surface area contributed by atoms with E-state index in [0.29, 0.717) is 5.92 Å². The number of fused-ring (bicyclic) bond motifs is 1. The fraction of sp³-hybridized carbons (Fsp3) is 0.786. The standard InChI is InChI=1S/C14H23N3/c1-2-17-13-8-4-3-7-12(13)14(16-17)11-6-5-9-15-10-11/h11,15H,2-10H2,1H3. The molecule has 2 heterocycles. The third-order valence-corrected chi connectivity index (χ3v) is 4.27. The van der Waals surface area contributed by atoms with Crippen molar-refractivity contribution in [1.82, 2.24) is 15.1 Å². The first kappa shape index (κ1) is 11.3. The molecule has 0 amide bonds. The third kappa shape index (κ3) is 2.01. The highest BCUT2D eigenvalue weighted by Gasteiger charge is 2.26. The lowest BCUT2D eigenvalue weighted by molar-refractivity contribution is 0.447. The Morgan fingerprint density at radius 3 is 2.94 bits per heavy atom. The summed E-state index contributed by atoms with van der Waals surface area (Å²) < 4.78 is 2.26. The van der Waals surface area contributed by atoms with Crippen molar-refractivity contribution >= 4 is 0 Å². The molecule has 17 heavy (non-hydrogen) atoms. The predicted octanol–water partition coefficient (Wildman–Crippen LogP) is 2.25. The molecule has 0 bridgehead atoms. The highest BCUT2D eigenvalue weighted by atomic mass is 15.3. The van der Waals surface area contributed by atoms with Gasteiger partial charge in [0.2, 0.25) is 0 Å². The second kappa shape index (κ2) is 4.81. The quantitative estimate of drug-likeness (QED) is 0.849. The maximum absolute atomic E-state index is 4.91. The van der Waals surface area contributed by atoms with Crippen molar-refractivity contribution in [3.63, 3.8) is 0 Å². The van der Waals surface area contributed by atoms with Crippen LogP contribution in [0.4, 0.5) is 0 Å². The summed E-state index contributed by atoms with van der Waals surface area (Å²) in [6.45, 7) is 5.56. The van der Waals surface area contributed by atoms with Gasteiger partial charge in [-0.2, -0.15) is 5.10 Å². The molecule has 1 aliphatic carbocycles. The van der Waals surface area contributed by atoms with Gasteiger partial charge in [0.1, 0.15) is 0 Å². The number of nitrogens with one attached hydrogen (secondary N) is 1. The van der Waals surface area contributed by atoms with E-state index in [-0.39, 0.29) is 0 Å². The number of nitrogens with zero attached hydrogens (tertiary/aromatic N) is 2. The average molecular weight is 233 g/mol. The lowest BCUT2D eigenvalue weighted by atomic mass is 9.88. The third-order valence-electron chi connectivity index (χ3n) is 4.27. The van der Waals surface area contributed by atoms with Crippen LogP contribution in [0.25, 0.3) is 0 Å². The number of piperidine rings is 1. The van der Waals surface area contributed by atoms with Crippen LogP contribution in [0.5, 0.6) is 0 Å². The van der Waals surface area contributed by atoms with Crippen LogP contribution in [0, 0.1) is 0 Å². The maximum Gasteiger partial charge on any atom is 0.0703 e. The van der Waals surface area contributed by atoms with Crippen LogP contribution >= 0.6 is 0 Å².